The molecule has 1 rings (SSSR count). The number of methoxy groups -OCH3 is 1. The summed E-state index contributed by atoms with van der Waals surface area (Å²) in [5.41, 5.74) is 0.957. The van der Waals surface area contributed by atoms with Gasteiger partial charge in [0.1, 0.15) is 11.9 Å². The van der Waals surface area contributed by atoms with E-state index in [9.17, 15) is 0 Å². The second kappa shape index (κ2) is 10.7. The van der Waals surface area contributed by atoms with Gasteiger partial charge in [0.05, 0.1) is 12.1 Å². The van der Waals surface area contributed by atoms with Crippen molar-refractivity contribution in [1.29, 1.82) is 0 Å². The molecule has 0 saturated heterocycles. The molecule has 0 radical (unpaired) electrons. The van der Waals surface area contributed by atoms with Crippen molar-refractivity contribution in [3.8, 4) is 5.75 Å². The second-order valence-electron chi connectivity index (χ2n) is 6.02. The summed E-state index contributed by atoms with van der Waals surface area (Å²) in [6.45, 7) is 9.48. The zero-order valence-electron chi connectivity index (χ0n) is 15.0. The number of hydrogen-bond acceptors (Lipinski definition) is 3. The highest BCUT2D eigenvalue weighted by molar-refractivity contribution is 14.0. The van der Waals surface area contributed by atoms with Gasteiger partial charge in [-0.25, -0.2) is 0 Å². The number of benzene rings is 1. The van der Waals surface area contributed by atoms with Crippen LogP contribution in [-0.2, 0) is 4.74 Å². The lowest BCUT2D eigenvalue weighted by atomic mass is 10.1. The summed E-state index contributed by atoms with van der Waals surface area (Å²) in [6, 6.07) is 8.06. The van der Waals surface area contributed by atoms with Gasteiger partial charge in [0.2, 0.25) is 0 Å². The molecule has 0 heterocycles. The minimum Gasteiger partial charge on any atom is -0.489 e. The van der Waals surface area contributed by atoms with Gasteiger partial charge >= 0.3 is 0 Å². The first kappa shape index (κ1) is 22.0. The van der Waals surface area contributed by atoms with Crippen LogP contribution in [0.3, 0.4) is 0 Å². The molecule has 0 aromatic heterocycles. The molecule has 0 saturated carbocycles. The number of nitrogens with one attached hydrogen (secondary N) is 2. The van der Waals surface area contributed by atoms with Gasteiger partial charge in [-0.1, -0.05) is 12.1 Å². The zero-order valence-corrected chi connectivity index (χ0v) is 17.3. The molecule has 0 aliphatic carbocycles. The predicted octanol–water partition coefficient (Wildman–Crippen LogP) is 2.97. The van der Waals surface area contributed by atoms with Crippen LogP contribution >= 0.6 is 24.0 Å². The molecule has 0 aliphatic rings. The monoisotopic (exact) mass is 435 g/mol. The molecular weight excluding hydrogens is 405 g/mol. The van der Waals surface area contributed by atoms with Crippen LogP contribution in [0.4, 0.5) is 0 Å². The molecule has 23 heavy (non-hydrogen) atoms. The lowest BCUT2D eigenvalue weighted by Crippen LogP contribution is -2.47. The van der Waals surface area contributed by atoms with Crippen LogP contribution in [0.2, 0.25) is 0 Å². The fourth-order valence-corrected chi connectivity index (χ4v) is 1.79. The Labute approximate surface area is 157 Å². The highest BCUT2D eigenvalue weighted by Crippen LogP contribution is 2.13. The fraction of sp³-hybridized carbons (Fsp3) is 0.588. The van der Waals surface area contributed by atoms with Crippen LogP contribution in [0.5, 0.6) is 5.75 Å². The van der Waals surface area contributed by atoms with Gasteiger partial charge in [-0.15, -0.1) is 24.0 Å². The van der Waals surface area contributed by atoms with Gasteiger partial charge < -0.3 is 20.1 Å². The fourth-order valence-electron chi connectivity index (χ4n) is 1.79. The van der Waals surface area contributed by atoms with Crippen molar-refractivity contribution in [3.05, 3.63) is 29.8 Å². The van der Waals surface area contributed by atoms with Crippen LogP contribution in [0.25, 0.3) is 0 Å². The van der Waals surface area contributed by atoms with Crippen LogP contribution in [0, 0.1) is 6.92 Å². The van der Waals surface area contributed by atoms with Gasteiger partial charge in [-0.3, -0.25) is 4.99 Å². The smallest absolute Gasteiger partial charge is 0.191 e. The summed E-state index contributed by atoms with van der Waals surface area (Å²) in [6.07, 6.45) is 0.0378. The molecule has 1 aromatic rings. The minimum absolute atomic E-state index is 0. The Morgan fingerprint density at radius 1 is 1.30 bits per heavy atom. The van der Waals surface area contributed by atoms with Gasteiger partial charge in [0.15, 0.2) is 5.96 Å². The van der Waals surface area contributed by atoms with Crippen molar-refractivity contribution >= 4 is 29.9 Å². The maximum atomic E-state index is 5.89. The van der Waals surface area contributed by atoms with Crippen molar-refractivity contribution in [2.45, 2.75) is 39.4 Å². The molecule has 5 nitrogen and oxygen atoms in total. The van der Waals surface area contributed by atoms with E-state index in [-0.39, 0.29) is 35.7 Å². The first-order valence-electron chi connectivity index (χ1n) is 7.59. The molecule has 2 N–H and O–H groups in total. The molecular formula is C17H30IN3O2. The molecule has 1 atom stereocenters. The molecule has 0 spiro atoms. The molecule has 132 valence electrons. The number of halogens is 1. The molecule has 0 amide bonds. The first-order chi connectivity index (χ1) is 10.4. The van der Waals surface area contributed by atoms with Crippen LogP contribution in [0.1, 0.15) is 26.3 Å². The quantitative estimate of drug-likeness (QED) is 0.393. The van der Waals surface area contributed by atoms with Crippen molar-refractivity contribution < 1.29 is 9.47 Å². The Kier molecular flexibility index (Phi) is 10.2. The van der Waals surface area contributed by atoms with E-state index in [0.29, 0.717) is 13.1 Å². The Morgan fingerprint density at radius 3 is 2.57 bits per heavy atom. The summed E-state index contributed by atoms with van der Waals surface area (Å²) in [5, 5.41) is 6.51. The van der Waals surface area contributed by atoms with Gasteiger partial charge in [-0.05, 0) is 45.4 Å². The number of guanidine groups is 1. The van der Waals surface area contributed by atoms with E-state index >= 15 is 0 Å². The van der Waals surface area contributed by atoms with Crippen molar-refractivity contribution in [3.63, 3.8) is 0 Å². The van der Waals surface area contributed by atoms with Gasteiger partial charge in [0.25, 0.3) is 0 Å². The predicted molar refractivity (Wildman–Crippen MR) is 107 cm³/mol. The topological polar surface area (TPSA) is 54.9 Å². The van der Waals surface area contributed by atoms with E-state index in [1.807, 2.05) is 39.0 Å². The number of nitrogens with zero attached hydrogens (tertiary/aromatic N) is 1. The third-order valence-electron chi connectivity index (χ3n) is 3.34. The SMILES string of the molecule is CN=C(NCC(C)Oc1cccc(C)c1)NCC(C)(C)OC.I. The third-order valence-corrected chi connectivity index (χ3v) is 3.34. The lowest BCUT2D eigenvalue weighted by Gasteiger charge is -2.25. The summed E-state index contributed by atoms with van der Waals surface area (Å²) in [4.78, 5) is 4.20. The second-order valence-corrected chi connectivity index (χ2v) is 6.02. The normalized spacial score (nSPS) is 13.0. The number of hydrogen-bond donors (Lipinski definition) is 2. The van der Waals surface area contributed by atoms with E-state index in [2.05, 4.69) is 28.6 Å². The van der Waals surface area contributed by atoms with E-state index in [1.54, 1.807) is 14.2 Å². The zero-order chi connectivity index (χ0) is 16.6. The Bertz CT molecular complexity index is 492. The van der Waals surface area contributed by atoms with Gasteiger partial charge in [-0.2, -0.15) is 0 Å². The average molecular weight is 435 g/mol. The highest BCUT2D eigenvalue weighted by atomic mass is 127. The summed E-state index contributed by atoms with van der Waals surface area (Å²) >= 11 is 0. The number of ether oxygens (including phenoxy) is 2. The highest BCUT2D eigenvalue weighted by Gasteiger charge is 2.16. The van der Waals surface area contributed by atoms with E-state index in [4.69, 9.17) is 9.47 Å². The van der Waals surface area contributed by atoms with Crippen LogP contribution < -0.4 is 15.4 Å². The molecule has 6 heteroatoms. The average Bonchev–Trinajstić information content (AvgIpc) is 2.47. The van der Waals surface area contributed by atoms with E-state index in [1.165, 1.54) is 5.56 Å². The Morgan fingerprint density at radius 2 is 2.00 bits per heavy atom. The molecule has 0 aliphatic heterocycles. The summed E-state index contributed by atoms with van der Waals surface area (Å²) in [5.74, 6) is 1.63. The summed E-state index contributed by atoms with van der Waals surface area (Å²) in [7, 11) is 3.46. The maximum Gasteiger partial charge on any atom is 0.191 e. The Hall–Kier alpha value is -1.02. The van der Waals surface area contributed by atoms with Crippen LogP contribution in [-0.4, -0.2) is 44.9 Å². The molecule has 1 aromatic carbocycles. The first-order valence-corrected chi connectivity index (χ1v) is 7.59. The lowest BCUT2D eigenvalue weighted by molar-refractivity contribution is 0.0268. The van der Waals surface area contributed by atoms with Crippen LogP contribution in [0.15, 0.2) is 29.3 Å². The maximum absolute atomic E-state index is 5.89. The molecule has 1 unspecified atom stereocenters. The number of aryl methyl sites for hydroxylation is 1. The van der Waals surface area contributed by atoms with E-state index < -0.39 is 0 Å². The number of rotatable bonds is 7. The minimum atomic E-state index is -0.235. The van der Waals surface area contributed by atoms with Crippen molar-refractivity contribution in [1.82, 2.24) is 10.6 Å². The molecule has 0 fully saturated rings. The van der Waals surface area contributed by atoms with Crippen molar-refractivity contribution in [2.75, 3.05) is 27.2 Å². The standard InChI is InChI=1S/C17H29N3O2.HI/c1-13-8-7-9-15(10-13)22-14(2)11-19-16(18-5)20-12-17(3,4)21-6;/h7-10,14H,11-12H2,1-6H3,(H2,18,19,20);1H. The van der Waals surface area contributed by atoms with Gasteiger partial charge in [0, 0.05) is 20.7 Å². The summed E-state index contributed by atoms with van der Waals surface area (Å²) < 4.78 is 11.3. The Balaban J connectivity index is 0.00000484. The van der Waals surface area contributed by atoms with Crippen molar-refractivity contribution in [2.24, 2.45) is 4.99 Å². The molecule has 0 bridgehead atoms. The largest absolute Gasteiger partial charge is 0.489 e. The number of aliphatic imine (C=N–C) groups is 1. The van der Waals surface area contributed by atoms with E-state index in [0.717, 1.165) is 11.7 Å². The third kappa shape index (κ3) is 9.00.